The van der Waals surface area contributed by atoms with Gasteiger partial charge in [0.1, 0.15) is 11.6 Å². The third kappa shape index (κ3) is 3.12. The molecule has 0 aliphatic rings. The Morgan fingerprint density at radius 3 is 2.68 bits per heavy atom. The van der Waals surface area contributed by atoms with Crippen LogP contribution in [-0.2, 0) is 10.3 Å². The van der Waals surface area contributed by atoms with E-state index < -0.39 is 5.54 Å². The monoisotopic (exact) mass is 278 g/mol. The number of carbonyl (C=O) groups excluding carboxylic acids is 1. The lowest BCUT2D eigenvalue weighted by molar-refractivity contribution is -0.120. The first-order chi connectivity index (χ1) is 9.03. The van der Waals surface area contributed by atoms with Gasteiger partial charge in [0.25, 0.3) is 0 Å². The molecule has 1 heterocycles. The number of hydrogen-bond acceptors (Lipinski definition) is 3. The lowest BCUT2D eigenvalue weighted by Crippen LogP contribution is -2.42. The van der Waals surface area contributed by atoms with E-state index in [1.807, 2.05) is 44.2 Å². The molecular weight excluding hydrogens is 264 g/mol. The lowest BCUT2D eigenvalue weighted by Gasteiger charge is -2.22. The zero-order valence-electron chi connectivity index (χ0n) is 10.8. The molecule has 0 bridgehead atoms. The van der Waals surface area contributed by atoms with E-state index in [0.717, 1.165) is 5.69 Å². The molecule has 1 amide bonds. The molecule has 0 atom stereocenters. The van der Waals surface area contributed by atoms with Gasteiger partial charge in [-0.3, -0.25) is 4.79 Å². The summed E-state index contributed by atoms with van der Waals surface area (Å²) in [6.07, 6.45) is 1.80. The van der Waals surface area contributed by atoms with Crippen LogP contribution in [0.25, 0.3) is 5.69 Å². The van der Waals surface area contributed by atoms with Gasteiger partial charge in [-0.1, -0.05) is 23.4 Å². The van der Waals surface area contributed by atoms with Gasteiger partial charge in [-0.2, -0.15) is 0 Å². The van der Waals surface area contributed by atoms with Crippen molar-refractivity contribution in [3.05, 3.63) is 42.2 Å². The van der Waals surface area contributed by atoms with E-state index in [9.17, 15) is 4.79 Å². The second kappa shape index (κ2) is 5.40. The number of alkyl halides is 1. The zero-order chi connectivity index (χ0) is 13.9. The molecule has 0 saturated heterocycles. The van der Waals surface area contributed by atoms with Crippen molar-refractivity contribution in [2.75, 3.05) is 5.88 Å². The van der Waals surface area contributed by atoms with Gasteiger partial charge in [0.2, 0.25) is 5.91 Å². The van der Waals surface area contributed by atoms with Crippen LogP contribution in [0.5, 0.6) is 0 Å². The van der Waals surface area contributed by atoms with E-state index in [-0.39, 0.29) is 11.8 Å². The summed E-state index contributed by atoms with van der Waals surface area (Å²) in [5.41, 5.74) is 0.981. The first kappa shape index (κ1) is 13.5. The largest absolute Gasteiger partial charge is 0.344 e. The van der Waals surface area contributed by atoms with Crippen LogP contribution in [0.4, 0.5) is 0 Å². The standard InChI is InChI=1S/C13H15ClN4O/c1-13(2,15-12(19)8-14)11-9-18(17-16-11)10-6-4-3-5-7-10/h3-7,9H,8H2,1-2H3,(H,15,19). The van der Waals surface area contributed by atoms with E-state index in [1.165, 1.54) is 0 Å². The van der Waals surface area contributed by atoms with Crippen LogP contribution in [0, 0.1) is 0 Å². The van der Waals surface area contributed by atoms with Crippen molar-refractivity contribution in [2.45, 2.75) is 19.4 Å². The van der Waals surface area contributed by atoms with Crippen LogP contribution in [-0.4, -0.2) is 26.8 Å². The lowest BCUT2D eigenvalue weighted by atomic mass is 10.0. The van der Waals surface area contributed by atoms with Crippen LogP contribution in [0.15, 0.2) is 36.5 Å². The normalized spacial score (nSPS) is 11.3. The molecule has 0 fully saturated rings. The van der Waals surface area contributed by atoms with Gasteiger partial charge in [-0.25, -0.2) is 4.68 Å². The third-order valence-corrected chi connectivity index (χ3v) is 2.97. The van der Waals surface area contributed by atoms with Crippen molar-refractivity contribution in [3.8, 4) is 5.69 Å². The molecule has 1 aromatic carbocycles. The van der Waals surface area contributed by atoms with Gasteiger partial charge in [0, 0.05) is 0 Å². The summed E-state index contributed by atoms with van der Waals surface area (Å²) in [7, 11) is 0. The fourth-order valence-corrected chi connectivity index (χ4v) is 1.77. The van der Waals surface area contributed by atoms with Gasteiger partial charge in [0.15, 0.2) is 0 Å². The summed E-state index contributed by atoms with van der Waals surface area (Å²) in [5.74, 6) is -0.308. The van der Waals surface area contributed by atoms with Crippen molar-refractivity contribution in [2.24, 2.45) is 0 Å². The summed E-state index contributed by atoms with van der Waals surface area (Å²) in [4.78, 5) is 11.4. The maximum absolute atomic E-state index is 11.4. The molecular formula is C13H15ClN4O. The number of hydrogen-bond donors (Lipinski definition) is 1. The van der Waals surface area contributed by atoms with Crippen LogP contribution >= 0.6 is 11.6 Å². The van der Waals surface area contributed by atoms with E-state index in [2.05, 4.69) is 15.6 Å². The highest BCUT2D eigenvalue weighted by Gasteiger charge is 2.26. The first-order valence-corrected chi connectivity index (χ1v) is 6.41. The molecule has 0 radical (unpaired) electrons. The van der Waals surface area contributed by atoms with Crippen LogP contribution in [0.2, 0.25) is 0 Å². The second-order valence-electron chi connectivity index (χ2n) is 4.69. The number of para-hydroxylation sites is 1. The number of carbonyl (C=O) groups is 1. The number of benzene rings is 1. The first-order valence-electron chi connectivity index (χ1n) is 5.88. The van der Waals surface area contributed by atoms with Crippen molar-refractivity contribution < 1.29 is 4.79 Å². The second-order valence-corrected chi connectivity index (χ2v) is 4.96. The molecule has 1 N–H and O–H groups in total. The molecule has 0 aliphatic heterocycles. The molecule has 0 saturated carbocycles. The third-order valence-electron chi connectivity index (χ3n) is 2.73. The Labute approximate surface area is 116 Å². The molecule has 19 heavy (non-hydrogen) atoms. The number of halogens is 1. The number of rotatable bonds is 4. The summed E-state index contributed by atoms with van der Waals surface area (Å²) in [5, 5.41) is 11.0. The number of nitrogens with one attached hydrogen (secondary N) is 1. The maximum Gasteiger partial charge on any atom is 0.235 e. The van der Waals surface area contributed by atoms with E-state index in [1.54, 1.807) is 10.9 Å². The number of nitrogens with zero attached hydrogens (tertiary/aromatic N) is 3. The highest BCUT2D eigenvalue weighted by molar-refractivity contribution is 6.27. The van der Waals surface area contributed by atoms with Gasteiger partial charge in [0.05, 0.1) is 17.4 Å². The van der Waals surface area contributed by atoms with E-state index >= 15 is 0 Å². The predicted octanol–water partition coefficient (Wildman–Crippen LogP) is 1.86. The predicted molar refractivity (Wildman–Crippen MR) is 73.2 cm³/mol. The quantitative estimate of drug-likeness (QED) is 0.869. The molecule has 2 aromatic rings. The Bertz CT molecular complexity index is 565. The topological polar surface area (TPSA) is 59.8 Å². The van der Waals surface area contributed by atoms with Crippen molar-refractivity contribution in [1.29, 1.82) is 0 Å². The van der Waals surface area contributed by atoms with Gasteiger partial charge < -0.3 is 5.32 Å². The van der Waals surface area contributed by atoms with Crippen molar-refractivity contribution >= 4 is 17.5 Å². The molecule has 0 aliphatic carbocycles. The molecule has 5 nitrogen and oxygen atoms in total. The summed E-state index contributed by atoms with van der Waals surface area (Å²) in [6.45, 7) is 3.72. The SMILES string of the molecule is CC(C)(NC(=O)CCl)c1cn(-c2ccccc2)nn1. The Morgan fingerprint density at radius 1 is 1.37 bits per heavy atom. The Morgan fingerprint density at radius 2 is 2.05 bits per heavy atom. The number of amides is 1. The summed E-state index contributed by atoms with van der Waals surface area (Å²) < 4.78 is 1.67. The van der Waals surface area contributed by atoms with Crippen molar-refractivity contribution in [1.82, 2.24) is 20.3 Å². The smallest absolute Gasteiger partial charge is 0.235 e. The van der Waals surface area contributed by atoms with Gasteiger partial charge in [-0.05, 0) is 26.0 Å². The van der Waals surface area contributed by atoms with E-state index in [0.29, 0.717) is 5.69 Å². The minimum absolute atomic E-state index is 0.0732. The molecule has 0 spiro atoms. The van der Waals surface area contributed by atoms with Gasteiger partial charge >= 0.3 is 0 Å². The summed E-state index contributed by atoms with van der Waals surface area (Å²) >= 11 is 5.49. The van der Waals surface area contributed by atoms with Crippen LogP contribution < -0.4 is 5.32 Å². The average molecular weight is 279 g/mol. The number of aromatic nitrogens is 3. The van der Waals surface area contributed by atoms with Crippen molar-refractivity contribution in [3.63, 3.8) is 0 Å². The van der Waals surface area contributed by atoms with Crippen LogP contribution in [0.1, 0.15) is 19.5 Å². The molecule has 100 valence electrons. The molecule has 2 rings (SSSR count). The molecule has 6 heteroatoms. The highest BCUT2D eigenvalue weighted by atomic mass is 35.5. The fraction of sp³-hybridized carbons (Fsp3) is 0.308. The van der Waals surface area contributed by atoms with Gasteiger partial charge in [-0.15, -0.1) is 16.7 Å². The minimum Gasteiger partial charge on any atom is -0.344 e. The Kier molecular flexibility index (Phi) is 3.85. The fourth-order valence-electron chi connectivity index (χ4n) is 1.70. The summed E-state index contributed by atoms with van der Waals surface area (Å²) in [6, 6.07) is 9.66. The average Bonchev–Trinajstić information content (AvgIpc) is 2.89. The molecule has 0 unspecified atom stereocenters. The van der Waals surface area contributed by atoms with Crippen LogP contribution in [0.3, 0.4) is 0 Å². The highest BCUT2D eigenvalue weighted by Crippen LogP contribution is 2.18. The zero-order valence-corrected chi connectivity index (χ0v) is 11.6. The Balaban J connectivity index is 2.23. The Hall–Kier alpha value is -1.88. The minimum atomic E-state index is -0.612. The van der Waals surface area contributed by atoms with E-state index in [4.69, 9.17) is 11.6 Å². The molecule has 1 aromatic heterocycles. The maximum atomic E-state index is 11.4.